The van der Waals surface area contributed by atoms with Gasteiger partial charge in [-0.2, -0.15) is 0 Å². The highest BCUT2D eigenvalue weighted by molar-refractivity contribution is 5.62. The van der Waals surface area contributed by atoms with Gasteiger partial charge in [-0.15, -0.1) is 0 Å². The van der Waals surface area contributed by atoms with Gasteiger partial charge >= 0.3 is 0 Å². The maximum absolute atomic E-state index is 3.97. The molecule has 0 unspecified atom stereocenters. The number of hydrogen-bond donors (Lipinski definition) is 0. The molecule has 70 valence electrons. The molecule has 0 N–H and O–H groups in total. The minimum atomic E-state index is 1.24. The van der Waals surface area contributed by atoms with Crippen molar-refractivity contribution in [3.8, 4) is 0 Å². The minimum absolute atomic E-state index is 1.24. The lowest BCUT2D eigenvalue weighted by Gasteiger charge is -1.98. The van der Waals surface area contributed by atoms with Crippen LogP contribution in [0.2, 0.25) is 0 Å². The molecule has 0 atom stereocenters. The summed E-state index contributed by atoms with van der Waals surface area (Å²) in [5.74, 6) is 0. The lowest BCUT2D eigenvalue weighted by atomic mass is 10.1. The number of aryl methyl sites for hydroxylation is 1. The van der Waals surface area contributed by atoms with E-state index < -0.39 is 0 Å². The third-order valence-corrected chi connectivity index (χ3v) is 2.14. The molecule has 2 heteroatoms. The molecule has 0 aliphatic heterocycles. The highest BCUT2D eigenvalue weighted by Crippen LogP contribution is 2.09. The Morgan fingerprint density at radius 2 is 2.14 bits per heavy atom. The van der Waals surface area contributed by atoms with Crippen LogP contribution in [0.5, 0.6) is 0 Å². The van der Waals surface area contributed by atoms with E-state index in [1.165, 1.54) is 11.1 Å². The smallest absolute Gasteiger partial charge is 0.0986 e. The van der Waals surface area contributed by atoms with Crippen molar-refractivity contribution < 1.29 is 0 Å². The van der Waals surface area contributed by atoms with Crippen molar-refractivity contribution in [3.63, 3.8) is 0 Å². The zero-order valence-corrected chi connectivity index (χ0v) is 8.09. The van der Waals surface area contributed by atoms with E-state index >= 15 is 0 Å². The number of nitrogens with zero attached hydrogens (tertiary/aromatic N) is 2. The summed E-state index contributed by atoms with van der Waals surface area (Å²) in [5.41, 5.74) is 2.52. The zero-order valence-electron chi connectivity index (χ0n) is 8.09. The van der Waals surface area contributed by atoms with E-state index in [1.54, 1.807) is 12.5 Å². The van der Waals surface area contributed by atoms with Crippen LogP contribution in [0.15, 0.2) is 43.0 Å². The Kier molecular flexibility index (Phi) is 2.45. The van der Waals surface area contributed by atoms with Crippen LogP contribution in [-0.4, -0.2) is 9.55 Å². The van der Waals surface area contributed by atoms with Gasteiger partial charge < -0.3 is 4.57 Å². The molecular weight excluding hydrogens is 172 g/mol. The van der Waals surface area contributed by atoms with Crippen LogP contribution in [-0.2, 0) is 0 Å². The summed E-state index contributed by atoms with van der Waals surface area (Å²) in [4.78, 5) is 3.97. The number of hydrogen-bond acceptors (Lipinski definition) is 1. The van der Waals surface area contributed by atoms with Gasteiger partial charge in [0.25, 0.3) is 0 Å². The van der Waals surface area contributed by atoms with E-state index in [0.29, 0.717) is 0 Å². The van der Waals surface area contributed by atoms with Crippen LogP contribution >= 0.6 is 0 Å². The van der Waals surface area contributed by atoms with E-state index in [1.807, 2.05) is 29.1 Å². The fraction of sp³-hybridized carbons (Fsp3) is 0.0833. The lowest BCUT2D eigenvalue weighted by molar-refractivity contribution is 1.14. The summed E-state index contributed by atoms with van der Waals surface area (Å²) in [6.45, 7) is 2.10. The monoisotopic (exact) mass is 184 g/mol. The average Bonchev–Trinajstić information content (AvgIpc) is 2.69. The SMILES string of the molecule is Cc1ccccc1/C=C\n1ccnc1. The Hall–Kier alpha value is -1.83. The molecule has 2 aromatic rings. The molecule has 1 aromatic heterocycles. The molecule has 0 amide bonds. The van der Waals surface area contributed by atoms with Crippen molar-refractivity contribution in [3.05, 3.63) is 54.1 Å². The fourth-order valence-corrected chi connectivity index (χ4v) is 1.30. The molecule has 0 aliphatic rings. The summed E-state index contributed by atoms with van der Waals surface area (Å²) < 4.78 is 1.92. The summed E-state index contributed by atoms with van der Waals surface area (Å²) >= 11 is 0. The van der Waals surface area contributed by atoms with E-state index in [-0.39, 0.29) is 0 Å². The number of imidazole rings is 1. The second-order valence-electron chi connectivity index (χ2n) is 3.18. The first-order chi connectivity index (χ1) is 6.86. The highest BCUT2D eigenvalue weighted by Gasteiger charge is 1.90. The van der Waals surface area contributed by atoms with Gasteiger partial charge in [0.2, 0.25) is 0 Å². The number of aromatic nitrogens is 2. The molecule has 0 fully saturated rings. The summed E-state index contributed by atoms with van der Waals surface area (Å²) in [6.07, 6.45) is 9.53. The maximum atomic E-state index is 3.97. The lowest BCUT2D eigenvalue weighted by Crippen LogP contribution is -1.81. The Bertz CT molecular complexity index is 427. The number of benzene rings is 1. The predicted molar refractivity (Wildman–Crippen MR) is 58.6 cm³/mol. The zero-order chi connectivity index (χ0) is 9.80. The first kappa shape index (κ1) is 8.75. The van der Waals surface area contributed by atoms with Gasteiger partial charge in [0.05, 0.1) is 6.33 Å². The molecule has 0 spiro atoms. The van der Waals surface area contributed by atoms with Crippen LogP contribution in [0.3, 0.4) is 0 Å². The second kappa shape index (κ2) is 3.92. The Balaban J connectivity index is 2.23. The van der Waals surface area contributed by atoms with E-state index in [4.69, 9.17) is 0 Å². The molecule has 1 aromatic carbocycles. The first-order valence-corrected chi connectivity index (χ1v) is 4.57. The van der Waals surface area contributed by atoms with Crippen molar-refractivity contribution in [2.24, 2.45) is 0 Å². The van der Waals surface area contributed by atoms with Gasteiger partial charge in [-0.25, -0.2) is 4.98 Å². The van der Waals surface area contributed by atoms with Crippen molar-refractivity contribution >= 4 is 12.3 Å². The first-order valence-electron chi connectivity index (χ1n) is 4.57. The molecule has 2 rings (SSSR count). The number of rotatable bonds is 2. The van der Waals surface area contributed by atoms with Crippen LogP contribution in [0.25, 0.3) is 12.3 Å². The third kappa shape index (κ3) is 1.91. The molecule has 0 bridgehead atoms. The molecule has 2 nitrogen and oxygen atoms in total. The van der Waals surface area contributed by atoms with Crippen molar-refractivity contribution in [1.82, 2.24) is 9.55 Å². The van der Waals surface area contributed by atoms with Crippen LogP contribution in [0.4, 0.5) is 0 Å². The molecule has 1 heterocycles. The van der Waals surface area contributed by atoms with Crippen LogP contribution in [0.1, 0.15) is 11.1 Å². The largest absolute Gasteiger partial charge is 0.313 e. The molecule has 0 saturated carbocycles. The molecule has 0 radical (unpaired) electrons. The van der Waals surface area contributed by atoms with Gasteiger partial charge in [0, 0.05) is 18.6 Å². The quantitative estimate of drug-likeness (QED) is 0.701. The van der Waals surface area contributed by atoms with Crippen molar-refractivity contribution in [2.75, 3.05) is 0 Å². The maximum Gasteiger partial charge on any atom is 0.0986 e. The summed E-state index contributed by atoms with van der Waals surface area (Å²) in [5, 5.41) is 0. The summed E-state index contributed by atoms with van der Waals surface area (Å²) in [7, 11) is 0. The predicted octanol–water partition coefficient (Wildman–Crippen LogP) is 2.82. The Morgan fingerprint density at radius 3 is 2.86 bits per heavy atom. The molecule has 0 saturated heterocycles. The Morgan fingerprint density at radius 1 is 1.29 bits per heavy atom. The second-order valence-corrected chi connectivity index (χ2v) is 3.18. The standard InChI is InChI=1S/C12H12N2/c1-11-4-2-3-5-12(11)6-8-14-9-7-13-10-14/h2-10H,1H3/b8-6-. The third-order valence-electron chi connectivity index (χ3n) is 2.14. The normalized spacial score (nSPS) is 10.9. The average molecular weight is 184 g/mol. The summed E-state index contributed by atoms with van der Waals surface area (Å²) in [6, 6.07) is 8.29. The van der Waals surface area contributed by atoms with E-state index in [0.717, 1.165) is 0 Å². The minimum Gasteiger partial charge on any atom is -0.313 e. The van der Waals surface area contributed by atoms with Gasteiger partial charge in [-0.1, -0.05) is 24.3 Å². The van der Waals surface area contributed by atoms with E-state index in [2.05, 4.69) is 30.1 Å². The van der Waals surface area contributed by atoms with Crippen molar-refractivity contribution in [2.45, 2.75) is 6.92 Å². The van der Waals surface area contributed by atoms with Crippen molar-refractivity contribution in [1.29, 1.82) is 0 Å². The molecular formula is C12H12N2. The topological polar surface area (TPSA) is 17.8 Å². The van der Waals surface area contributed by atoms with Gasteiger partial charge in [0.15, 0.2) is 0 Å². The van der Waals surface area contributed by atoms with Gasteiger partial charge in [-0.05, 0) is 24.1 Å². The fourth-order valence-electron chi connectivity index (χ4n) is 1.30. The van der Waals surface area contributed by atoms with Gasteiger partial charge in [-0.3, -0.25) is 0 Å². The van der Waals surface area contributed by atoms with E-state index in [9.17, 15) is 0 Å². The highest BCUT2D eigenvalue weighted by atomic mass is 15.0. The van der Waals surface area contributed by atoms with Crippen LogP contribution < -0.4 is 0 Å². The Labute approximate surface area is 83.5 Å². The molecule has 14 heavy (non-hydrogen) atoms. The van der Waals surface area contributed by atoms with Crippen LogP contribution in [0, 0.1) is 6.92 Å². The van der Waals surface area contributed by atoms with Gasteiger partial charge in [0.1, 0.15) is 0 Å². The molecule has 0 aliphatic carbocycles.